The van der Waals surface area contributed by atoms with Gasteiger partial charge in [-0.05, 0) is 98.8 Å². The van der Waals surface area contributed by atoms with Gasteiger partial charge in [0.2, 0.25) is 5.91 Å². The predicted octanol–water partition coefficient (Wildman–Crippen LogP) is 2.78. The van der Waals surface area contributed by atoms with Crippen molar-refractivity contribution in [2.75, 3.05) is 47.4 Å². The van der Waals surface area contributed by atoms with Crippen molar-refractivity contribution in [2.24, 2.45) is 17.8 Å². The number of likely N-dealkylation sites (tertiary alicyclic amines) is 1. The van der Waals surface area contributed by atoms with Gasteiger partial charge >= 0.3 is 5.97 Å². The first-order valence-electron chi connectivity index (χ1n) is 21.5. The number of nitrogens with one attached hydrogen (secondary N) is 1. The van der Waals surface area contributed by atoms with Crippen LogP contribution in [-0.4, -0.2) is 167 Å². The second-order valence-corrected chi connectivity index (χ2v) is 18.3. The molecule has 0 radical (unpaired) electrons. The molecule has 0 spiro atoms. The van der Waals surface area contributed by atoms with Crippen molar-refractivity contribution < 1.29 is 49.0 Å². The van der Waals surface area contributed by atoms with E-state index < -0.39 is 71.9 Å². The molecule has 3 fully saturated rings. The first kappa shape index (κ1) is 48.4. The van der Waals surface area contributed by atoms with Crippen LogP contribution in [0.15, 0.2) is 30.3 Å². The van der Waals surface area contributed by atoms with Crippen molar-refractivity contribution in [2.45, 2.75) is 166 Å². The fourth-order valence-corrected chi connectivity index (χ4v) is 9.84. The number of amides is 1. The third-order valence-corrected chi connectivity index (χ3v) is 13.3. The van der Waals surface area contributed by atoms with E-state index in [1.54, 1.807) is 20.8 Å². The molecule has 0 saturated carbocycles. The molecule has 0 aromatic heterocycles. The number of cyclic esters (lactones) is 1. The fourth-order valence-electron chi connectivity index (χ4n) is 9.84. The maximum Gasteiger partial charge on any atom is 0.311 e. The van der Waals surface area contributed by atoms with E-state index in [0.29, 0.717) is 26.1 Å². The molecule has 0 bridgehead atoms. The number of esters is 1. The normalized spacial score (nSPS) is 40.5. The number of rotatable bonds is 11. The molecule has 0 unspecified atom stereocenters. The Hall–Kier alpha value is -2.24. The number of ether oxygens (including phenoxy) is 4. The highest BCUT2D eigenvalue weighted by molar-refractivity contribution is 5.82. The van der Waals surface area contributed by atoms with Gasteiger partial charge in [-0.3, -0.25) is 19.4 Å². The average molecular weight is 821 g/mol. The van der Waals surface area contributed by atoms with Crippen molar-refractivity contribution >= 4 is 11.9 Å². The molecule has 1 amide bonds. The fraction of sp³-hybridized carbons (Fsp3) is 0.818. The van der Waals surface area contributed by atoms with E-state index in [1.165, 1.54) is 19.6 Å². The largest absolute Gasteiger partial charge is 0.459 e. The molecule has 14 nitrogen and oxygen atoms in total. The Morgan fingerprint density at radius 1 is 1.09 bits per heavy atom. The second kappa shape index (κ2) is 21.0. The van der Waals surface area contributed by atoms with Crippen LogP contribution < -0.4 is 5.32 Å². The number of benzene rings is 1. The molecule has 14 heteroatoms. The smallest absolute Gasteiger partial charge is 0.311 e. The highest BCUT2D eigenvalue weighted by Crippen LogP contribution is 2.37. The SMILES string of the molecule is CC[C@H]1OC(=O)[C@H](C)[C@@H](OC)[C@H](C)[C@@H](O[C@@H]2O[C@H](C)C[C@H](N(C)CCNC(=O)[C@@H]3CCCN3Cc3ccccc3)[C@H]2O)[C@](C)(O)C[C@@H](C)CN(C)[C@H](C)[C@@H](O)[C@]1(C)O. The zero-order valence-electron chi connectivity index (χ0n) is 37.0. The number of likely N-dealkylation sites (N-methyl/N-ethyl adjacent to an activating group) is 2. The highest BCUT2D eigenvalue weighted by atomic mass is 16.7. The van der Waals surface area contributed by atoms with Gasteiger partial charge in [-0.2, -0.15) is 0 Å². The summed E-state index contributed by atoms with van der Waals surface area (Å²) in [6.45, 7) is 17.2. The Bertz CT molecular complexity index is 1440. The van der Waals surface area contributed by atoms with Gasteiger partial charge < -0.3 is 49.6 Å². The van der Waals surface area contributed by atoms with Crippen LogP contribution in [0.25, 0.3) is 0 Å². The Morgan fingerprint density at radius 2 is 1.76 bits per heavy atom. The molecule has 332 valence electrons. The summed E-state index contributed by atoms with van der Waals surface area (Å²) < 4.78 is 24.9. The van der Waals surface area contributed by atoms with Gasteiger partial charge in [-0.25, -0.2) is 0 Å². The Balaban J connectivity index is 1.51. The Kier molecular flexibility index (Phi) is 17.6. The topological polar surface area (TPSA) is 174 Å². The van der Waals surface area contributed by atoms with Crippen molar-refractivity contribution in [3.63, 3.8) is 0 Å². The van der Waals surface area contributed by atoms with E-state index in [9.17, 15) is 30.0 Å². The number of aliphatic hydroxyl groups is 4. The Morgan fingerprint density at radius 3 is 2.40 bits per heavy atom. The monoisotopic (exact) mass is 821 g/mol. The summed E-state index contributed by atoms with van der Waals surface area (Å²) in [7, 11) is 5.26. The van der Waals surface area contributed by atoms with Crippen LogP contribution >= 0.6 is 0 Å². The van der Waals surface area contributed by atoms with Gasteiger partial charge in [-0.1, -0.05) is 51.1 Å². The average Bonchev–Trinajstić information content (AvgIpc) is 3.63. The number of nitrogens with zero attached hydrogens (tertiary/aromatic N) is 3. The quantitative estimate of drug-likeness (QED) is 0.207. The summed E-state index contributed by atoms with van der Waals surface area (Å²) in [6.07, 6.45) is -3.68. The summed E-state index contributed by atoms with van der Waals surface area (Å²) >= 11 is 0. The number of carbonyl (C=O) groups is 2. The van der Waals surface area contributed by atoms with Crippen LogP contribution in [0.4, 0.5) is 0 Å². The van der Waals surface area contributed by atoms with Crippen LogP contribution in [-0.2, 0) is 35.1 Å². The van der Waals surface area contributed by atoms with Gasteiger partial charge in [0.25, 0.3) is 0 Å². The molecule has 3 aliphatic heterocycles. The molecule has 1 aromatic carbocycles. The van der Waals surface area contributed by atoms with E-state index in [2.05, 4.69) is 22.3 Å². The molecule has 15 atom stereocenters. The maximum absolute atomic E-state index is 13.8. The lowest BCUT2D eigenvalue weighted by Gasteiger charge is -2.47. The summed E-state index contributed by atoms with van der Waals surface area (Å²) in [5.74, 6) is -2.18. The molecule has 3 aliphatic rings. The van der Waals surface area contributed by atoms with Crippen molar-refractivity contribution in [3.8, 4) is 0 Å². The first-order chi connectivity index (χ1) is 27.2. The zero-order valence-corrected chi connectivity index (χ0v) is 37.0. The minimum Gasteiger partial charge on any atom is -0.459 e. The van der Waals surface area contributed by atoms with E-state index in [0.717, 1.165) is 25.9 Å². The lowest BCUT2D eigenvalue weighted by atomic mass is 9.78. The van der Waals surface area contributed by atoms with Crippen LogP contribution in [0.5, 0.6) is 0 Å². The molecule has 1 aromatic rings. The standard InChI is InChI=1S/C44H76N4O10/c1-12-35-44(8,54)38(50)31(6)47(10)25-27(2)24-43(7,53)39(29(4)37(55-11)30(5)41(52)57-35)58-42-36(49)34(23-28(3)56-42)46(9)22-20-45-40(51)33-19-16-21-48(33)26-32-17-14-13-15-18-32/h13-15,17-18,27-31,33-39,42,49-50,53-54H,12,16,19-26H2,1-11H3,(H,45,51)/t27-,28-,29+,30-,31-,33+,34+,35-,36-,37+,38-,39-,42+,43-,44-/m1/s1. The minimum atomic E-state index is -1.74. The minimum absolute atomic E-state index is 0.0112. The van der Waals surface area contributed by atoms with Crippen LogP contribution in [0.2, 0.25) is 0 Å². The molecule has 3 heterocycles. The highest BCUT2D eigenvalue weighted by Gasteiger charge is 2.50. The summed E-state index contributed by atoms with van der Waals surface area (Å²) in [5.41, 5.74) is -2.06. The molecule has 4 rings (SSSR count). The van der Waals surface area contributed by atoms with Crippen LogP contribution in [0.1, 0.15) is 93.1 Å². The van der Waals surface area contributed by atoms with Crippen LogP contribution in [0, 0.1) is 17.8 Å². The first-order valence-corrected chi connectivity index (χ1v) is 21.5. The molecule has 5 N–H and O–H groups in total. The van der Waals surface area contributed by atoms with Gasteiger partial charge in [0, 0.05) is 51.3 Å². The second-order valence-electron chi connectivity index (χ2n) is 18.3. The van der Waals surface area contributed by atoms with Crippen LogP contribution in [0.3, 0.4) is 0 Å². The summed E-state index contributed by atoms with van der Waals surface area (Å²) in [5, 5.41) is 50.4. The maximum atomic E-state index is 13.8. The van der Waals surface area contributed by atoms with E-state index >= 15 is 0 Å². The van der Waals surface area contributed by atoms with Gasteiger partial charge in [0.15, 0.2) is 6.29 Å². The number of carbonyl (C=O) groups excluding carboxylic acids is 2. The third kappa shape index (κ3) is 11.8. The van der Waals surface area contributed by atoms with Gasteiger partial charge in [0.05, 0.1) is 35.9 Å². The van der Waals surface area contributed by atoms with Crippen molar-refractivity contribution in [1.82, 2.24) is 20.0 Å². The molecular formula is C44H76N4O10. The van der Waals surface area contributed by atoms with Gasteiger partial charge in [-0.15, -0.1) is 0 Å². The van der Waals surface area contributed by atoms with E-state index in [-0.39, 0.29) is 42.9 Å². The molecule has 58 heavy (non-hydrogen) atoms. The lowest BCUT2D eigenvalue weighted by molar-refractivity contribution is -0.300. The van der Waals surface area contributed by atoms with E-state index in [1.807, 2.05) is 69.8 Å². The lowest BCUT2D eigenvalue weighted by Crippen LogP contribution is -2.60. The van der Waals surface area contributed by atoms with Crippen molar-refractivity contribution in [1.29, 1.82) is 0 Å². The predicted molar refractivity (Wildman–Crippen MR) is 222 cm³/mol. The number of hydrogen-bond donors (Lipinski definition) is 5. The summed E-state index contributed by atoms with van der Waals surface area (Å²) in [6, 6.07) is 9.12. The Labute approximate surface area is 347 Å². The number of aliphatic hydroxyl groups excluding tert-OH is 2. The molecule has 0 aliphatic carbocycles. The molecular weight excluding hydrogens is 745 g/mol. The van der Waals surface area contributed by atoms with Crippen molar-refractivity contribution in [3.05, 3.63) is 35.9 Å². The number of hydrogen-bond acceptors (Lipinski definition) is 13. The van der Waals surface area contributed by atoms with E-state index in [4.69, 9.17) is 18.9 Å². The number of methoxy groups -OCH3 is 1. The molecule has 3 saturated heterocycles. The third-order valence-electron chi connectivity index (χ3n) is 13.3. The zero-order chi connectivity index (χ0) is 43.1. The van der Waals surface area contributed by atoms with Gasteiger partial charge in [0.1, 0.15) is 23.9 Å². The summed E-state index contributed by atoms with van der Waals surface area (Å²) in [4.78, 5) is 33.3.